The zero-order valence-corrected chi connectivity index (χ0v) is 23.8. The Labute approximate surface area is 237 Å². The monoisotopic (exact) mass is 545 g/mol. The molecule has 2 aromatic carbocycles. The fourth-order valence-electron chi connectivity index (χ4n) is 7.15. The highest BCUT2D eigenvalue weighted by Gasteiger charge is 2.33. The summed E-state index contributed by atoms with van der Waals surface area (Å²) in [6, 6.07) is 15.9. The second-order valence-corrected chi connectivity index (χ2v) is 11.9. The summed E-state index contributed by atoms with van der Waals surface area (Å²) in [5.41, 5.74) is 3.01. The maximum absolute atomic E-state index is 12.7. The van der Waals surface area contributed by atoms with Gasteiger partial charge < -0.3 is 14.5 Å². The van der Waals surface area contributed by atoms with E-state index in [0.29, 0.717) is 22.7 Å². The Kier molecular flexibility index (Phi) is 8.63. The van der Waals surface area contributed by atoms with E-state index in [-0.39, 0.29) is 0 Å². The minimum atomic E-state index is -0.444. The normalized spacial score (nSPS) is 26.2. The van der Waals surface area contributed by atoms with Crippen molar-refractivity contribution >= 4 is 22.7 Å². The maximum Gasteiger partial charge on any atom is 0.365 e. The molecule has 2 aliphatic carbocycles. The number of carbonyl (C=O) groups excluding carboxylic acids is 1. The van der Waals surface area contributed by atoms with Crippen LogP contribution in [0.3, 0.4) is 0 Å². The van der Waals surface area contributed by atoms with Gasteiger partial charge in [-0.2, -0.15) is 0 Å². The lowest BCUT2D eigenvalue weighted by molar-refractivity contribution is 0.00558. The minimum absolute atomic E-state index is 0.444. The molecule has 0 atom stereocenters. The van der Waals surface area contributed by atoms with Gasteiger partial charge >= 0.3 is 5.97 Å². The molecule has 8 nitrogen and oxygen atoms in total. The number of carbonyl (C=O) groups is 1. The SMILES string of the molecule is CCCOC1CCC(C2CCC(N3CCN(c4ccc(C(=O)On5nnc6ccccc65)cc4)CC3)CC2)CC1. The molecule has 0 radical (unpaired) electrons. The lowest BCUT2D eigenvalue weighted by atomic mass is 9.71. The minimum Gasteiger partial charge on any atom is -0.378 e. The van der Waals surface area contributed by atoms with Gasteiger partial charge in [0.1, 0.15) is 11.0 Å². The summed E-state index contributed by atoms with van der Waals surface area (Å²) < 4.78 is 6.02. The number of rotatable bonds is 8. The summed E-state index contributed by atoms with van der Waals surface area (Å²) in [5, 5.41) is 7.98. The van der Waals surface area contributed by atoms with Gasteiger partial charge in [-0.1, -0.05) is 23.9 Å². The van der Waals surface area contributed by atoms with Gasteiger partial charge in [-0.15, -0.1) is 5.10 Å². The summed E-state index contributed by atoms with van der Waals surface area (Å²) in [6.07, 6.45) is 12.5. The zero-order chi connectivity index (χ0) is 27.3. The quantitative estimate of drug-likeness (QED) is 0.353. The predicted molar refractivity (Wildman–Crippen MR) is 156 cm³/mol. The molecule has 2 saturated carbocycles. The van der Waals surface area contributed by atoms with Gasteiger partial charge in [0.15, 0.2) is 0 Å². The van der Waals surface area contributed by atoms with Crippen molar-refractivity contribution in [3.05, 3.63) is 54.1 Å². The van der Waals surface area contributed by atoms with E-state index in [9.17, 15) is 4.79 Å². The third-order valence-electron chi connectivity index (χ3n) is 9.47. The highest BCUT2D eigenvalue weighted by Crippen LogP contribution is 2.40. The number of nitrogens with zero attached hydrogens (tertiary/aromatic N) is 5. The molecule has 8 heteroatoms. The second kappa shape index (κ2) is 12.7. The lowest BCUT2D eigenvalue weighted by Gasteiger charge is -2.44. The molecule has 3 fully saturated rings. The van der Waals surface area contributed by atoms with Gasteiger partial charge in [-0.3, -0.25) is 4.90 Å². The first-order valence-electron chi connectivity index (χ1n) is 15.4. The topological polar surface area (TPSA) is 72.7 Å². The van der Waals surface area contributed by atoms with Crippen LogP contribution in [-0.2, 0) is 4.74 Å². The summed E-state index contributed by atoms with van der Waals surface area (Å²) in [7, 11) is 0. The van der Waals surface area contributed by atoms with Gasteiger partial charge in [0.05, 0.1) is 11.7 Å². The van der Waals surface area contributed by atoms with Crippen molar-refractivity contribution in [3.63, 3.8) is 0 Å². The molecule has 0 amide bonds. The van der Waals surface area contributed by atoms with Crippen molar-refractivity contribution < 1.29 is 14.4 Å². The highest BCUT2D eigenvalue weighted by molar-refractivity contribution is 5.90. The number of ether oxygens (including phenoxy) is 1. The van der Waals surface area contributed by atoms with Crippen molar-refractivity contribution in [2.75, 3.05) is 37.7 Å². The fourth-order valence-corrected chi connectivity index (χ4v) is 7.15. The van der Waals surface area contributed by atoms with E-state index in [1.807, 2.05) is 48.5 Å². The van der Waals surface area contributed by atoms with E-state index in [0.717, 1.165) is 62.8 Å². The van der Waals surface area contributed by atoms with Crippen LogP contribution in [0.15, 0.2) is 48.5 Å². The third kappa shape index (κ3) is 6.18. The predicted octanol–water partition coefficient (Wildman–Crippen LogP) is 5.37. The average molecular weight is 546 g/mol. The zero-order valence-electron chi connectivity index (χ0n) is 23.8. The van der Waals surface area contributed by atoms with Crippen LogP contribution in [0.25, 0.3) is 11.0 Å². The lowest BCUT2D eigenvalue weighted by Crippen LogP contribution is -2.51. The van der Waals surface area contributed by atoms with Gasteiger partial charge in [0.2, 0.25) is 0 Å². The molecule has 6 rings (SSSR count). The molecule has 0 N–H and O–H groups in total. The molecule has 0 unspecified atom stereocenters. The Morgan fingerprint density at radius 2 is 1.52 bits per heavy atom. The summed E-state index contributed by atoms with van der Waals surface area (Å²) in [5.74, 6) is 1.41. The molecule has 40 heavy (non-hydrogen) atoms. The molecule has 2 heterocycles. The van der Waals surface area contributed by atoms with Crippen LogP contribution in [0.2, 0.25) is 0 Å². The van der Waals surface area contributed by atoms with Crippen LogP contribution in [0.4, 0.5) is 5.69 Å². The van der Waals surface area contributed by atoms with E-state index in [1.165, 1.54) is 56.2 Å². The average Bonchev–Trinajstić information content (AvgIpc) is 3.43. The smallest absolute Gasteiger partial charge is 0.365 e. The van der Waals surface area contributed by atoms with E-state index in [4.69, 9.17) is 9.57 Å². The summed E-state index contributed by atoms with van der Waals surface area (Å²) >= 11 is 0. The molecule has 0 spiro atoms. The number of hydrogen-bond donors (Lipinski definition) is 0. The van der Waals surface area contributed by atoms with Gasteiger partial charge in [-0.05, 0) is 111 Å². The Balaban J connectivity index is 0.942. The molecule has 1 aliphatic heterocycles. The summed E-state index contributed by atoms with van der Waals surface area (Å²) in [4.78, 5) is 24.5. The fraction of sp³-hybridized carbons (Fsp3) is 0.594. The molecular weight excluding hydrogens is 502 g/mol. The molecule has 0 bridgehead atoms. The van der Waals surface area contributed by atoms with E-state index < -0.39 is 5.97 Å². The second-order valence-electron chi connectivity index (χ2n) is 11.9. The number of fused-ring (bicyclic) bond motifs is 1. The van der Waals surface area contributed by atoms with Gasteiger partial charge in [0, 0.05) is 44.5 Å². The van der Waals surface area contributed by atoms with Crippen LogP contribution in [0, 0.1) is 11.8 Å². The Morgan fingerprint density at radius 1 is 0.850 bits per heavy atom. The Bertz CT molecular complexity index is 1240. The third-order valence-corrected chi connectivity index (χ3v) is 9.47. The van der Waals surface area contributed by atoms with Crippen LogP contribution >= 0.6 is 0 Å². The van der Waals surface area contributed by atoms with E-state index in [1.54, 1.807) is 0 Å². The standard InChI is InChI=1S/C32H43N5O3/c1-2-23-39-29-17-11-25(12-18-29)24-7-13-27(14-8-24)35-19-21-36(22-20-35)28-15-9-26(10-16-28)32(38)40-37-31-6-4-3-5-30(31)33-34-37/h3-6,9-10,15-16,24-25,27,29H,2,7-8,11-14,17-23H2,1H3. The first-order valence-corrected chi connectivity index (χ1v) is 15.4. The van der Waals surface area contributed by atoms with Crippen molar-refractivity contribution in [3.8, 4) is 0 Å². The van der Waals surface area contributed by atoms with Gasteiger partial charge in [0.25, 0.3) is 0 Å². The molecule has 3 aromatic rings. The van der Waals surface area contributed by atoms with Crippen LogP contribution in [0.5, 0.6) is 0 Å². The first kappa shape index (κ1) is 27.2. The molecule has 214 valence electrons. The molecule has 1 aromatic heterocycles. The number of piperazine rings is 1. The number of aromatic nitrogens is 3. The van der Waals surface area contributed by atoms with Crippen LogP contribution in [0.1, 0.15) is 75.1 Å². The largest absolute Gasteiger partial charge is 0.378 e. The van der Waals surface area contributed by atoms with Crippen LogP contribution < -0.4 is 9.74 Å². The van der Waals surface area contributed by atoms with Crippen molar-refractivity contribution in [2.24, 2.45) is 11.8 Å². The van der Waals surface area contributed by atoms with E-state index in [2.05, 4.69) is 27.0 Å². The van der Waals surface area contributed by atoms with Crippen molar-refractivity contribution in [1.29, 1.82) is 0 Å². The highest BCUT2D eigenvalue weighted by atomic mass is 16.7. The Hall–Kier alpha value is -2.97. The van der Waals surface area contributed by atoms with Gasteiger partial charge in [-0.25, -0.2) is 4.79 Å². The molecular formula is C32H43N5O3. The molecule has 1 saturated heterocycles. The van der Waals surface area contributed by atoms with Crippen molar-refractivity contribution in [2.45, 2.75) is 76.9 Å². The number of hydrogen-bond acceptors (Lipinski definition) is 7. The first-order chi connectivity index (χ1) is 19.7. The molecule has 3 aliphatic rings. The van der Waals surface area contributed by atoms with Crippen molar-refractivity contribution in [1.82, 2.24) is 20.1 Å². The Morgan fingerprint density at radius 3 is 2.23 bits per heavy atom. The maximum atomic E-state index is 12.7. The summed E-state index contributed by atoms with van der Waals surface area (Å²) in [6.45, 7) is 7.39. The van der Waals surface area contributed by atoms with Crippen LogP contribution in [-0.4, -0.2) is 71.0 Å². The number of benzene rings is 2. The van der Waals surface area contributed by atoms with E-state index >= 15 is 0 Å². The number of anilines is 1. The number of para-hydroxylation sites is 1.